The van der Waals surface area contributed by atoms with Crippen LogP contribution >= 0.6 is 11.6 Å². The third kappa shape index (κ3) is 3.14. The Balaban J connectivity index is 2.18. The highest BCUT2D eigenvalue weighted by Crippen LogP contribution is 2.36. The highest BCUT2D eigenvalue weighted by molar-refractivity contribution is 6.33. The SMILES string of the molecule is CCCN(c1ccc(CNC)cc1Cl)C1CC1. The first-order valence-electron chi connectivity index (χ1n) is 6.46. The fourth-order valence-electron chi connectivity index (χ4n) is 2.22. The van der Waals surface area contributed by atoms with Crippen molar-refractivity contribution < 1.29 is 0 Å². The van der Waals surface area contributed by atoms with Crippen molar-refractivity contribution in [2.45, 2.75) is 38.8 Å². The Bertz CT molecular complexity index is 374. The van der Waals surface area contributed by atoms with Crippen LogP contribution in [0.25, 0.3) is 0 Å². The van der Waals surface area contributed by atoms with Crippen LogP contribution in [-0.4, -0.2) is 19.6 Å². The third-order valence-electron chi connectivity index (χ3n) is 3.15. The maximum absolute atomic E-state index is 6.40. The van der Waals surface area contributed by atoms with Gasteiger partial charge in [-0.1, -0.05) is 24.6 Å². The Morgan fingerprint density at radius 2 is 2.18 bits per heavy atom. The zero-order chi connectivity index (χ0) is 12.3. The van der Waals surface area contributed by atoms with Gasteiger partial charge >= 0.3 is 0 Å². The van der Waals surface area contributed by atoms with E-state index in [0.717, 1.165) is 24.2 Å². The molecule has 1 aromatic rings. The Kier molecular flexibility index (Phi) is 4.30. The van der Waals surface area contributed by atoms with Crippen LogP contribution in [-0.2, 0) is 6.54 Å². The summed E-state index contributed by atoms with van der Waals surface area (Å²) < 4.78 is 0. The normalized spacial score (nSPS) is 15.0. The summed E-state index contributed by atoms with van der Waals surface area (Å²) in [5, 5.41) is 4.04. The van der Waals surface area contributed by atoms with Gasteiger partial charge in [0.25, 0.3) is 0 Å². The molecule has 0 spiro atoms. The summed E-state index contributed by atoms with van der Waals surface area (Å²) in [6.45, 7) is 4.20. The summed E-state index contributed by atoms with van der Waals surface area (Å²) in [5.74, 6) is 0. The topological polar surface area (TPSA) is 15.3 Å². The van der Waals surface area contributed by atoms with Crippen molar-refractivity contribution in [3.63, 3.8) is 0 Å². The van der Waals surface area contributed by atoms with E-state index in [4.69, 9.17) is 11.6 Å². The van der Waals surface area contributed by atoms with Crippen molar-refractivity contribution >= 4 is 17.3 Å². The van der Waals surface area contributed by atoms with Crippen molar-refractivity contribution in [2.24, 2.45) is 0 Å². The van der Waals surface area contributed by atoms with Crippen LogP contribution in [0.2, 0.25) is 5.02 Å². The molecule has 3 heteroatoms. The molecule has 0 aliphatic heterocycles. The lowest BCUT2D eigenvalue weighted by molar-refractivity contribution is 0.762. The Hall–Kier alpha value is -0.730. The Morgan fingerprint density at radius 1 is 1.41 bits per heavy atom. The summed E-state index contributed by atoms with van der Waals surface area (Å²) in [4.78, 5) is 2.46. The number of hydrogen-bond acceptors (Lipinski definition) is 2. The quantitative estimate of drug-likeness (QED) is 0.835. The predicted molar refractivity (Wildman–Crippen MR) is 74.9 cm³/mol. The molecule has 0 bridgehead atoms. The van der Waals surface area contributed by atoms with Gasteiger partial charge in [-0.25, -0.2) is 0 Å². The van der Waals surface area contributed by atoms with Crippen molar-refractivity contribution in [1.29, 1.82) is 0 Å². The molecular formula is C14H21ClN2. The van der Waals surface area contributed by atoms with Crippen LogP contribution in [0.3, 0.4) is 0 Å². The Morgan fingerprint density at radius 3 is 2.71 bits per heavy atom. The molecular weight excluding hydrogens is 232 g/mol. The summed E-state index contributed by atoms with van der Waals surface area (Å²) in [5.41, 5.74) is 2.45. The first-order valence-corrected chi connectivity index (χ1v) is 6.83. The molecule has 0 radical (unpaired) electrons. The molecule has 94 valence electrons. The van der Waals surface area contributed by atoms with Gasteiger partial charge in [0.2, 0.25) is 0 Å². The summed E-state index contributed by atoms with van der Waals surface area (Å²) in [6.07, 6.45) is 3.80. The average Bonchev–Trinajstić information content (AvgIpc) is 3.11. The van der Waals surface area contributed by atoms with Gasteiger partial charge in [0, 0.05) is 19.1 Å². The summed E-state index contributed by atoms with van der Waals surface area (Å²) in [6, 6.07) is 7.15. The lowest BCUT2D eigenvalue weighted by Gasteiger charge is -2.25. The van der Waals surface area contributed by atoms with Gasteiger partial charge in [-0.3, -0.25) is 0 Å². The van der Waals surface area contributed by atoms with E-state index in [0.29, 0.717) is 0 Å². The van der Waals surface area contributed by atoms with Crippen molar-refractivity contribution in [1.82, 2.24) is 5.32 Å². The number of hydrogen-bond donors (Lipinski definition) is 1. The molecule has 1 fully saturated rings. The largest absolute Gasteiger partial charge is 0.367 e. The lowest BCUT2D eigenvalue weighted by atomic mass is 10.2. The van der Waals surface area contributed by atoms with E-state index in [1.165, 1.54) is 30.5 Å². The van der Waals surface area contributed by atoms with E-state index < -0.39 is 0 Å². The molecule has 0 unspecified atom stereocenters. The smallest absolute Gasteiger partial charge is 0.0642 e. The fraction of sp³-hybridized carbons (Fsp3) is 0.571. The molecule has 0 amide bonds. The van der Waals surface area contributed by atoms with Gasteiger partial charge in [-0.2, -0.15) is 0 Å². The van der Waals surface area contributed by atoms with Gasteiger partial charge in [-0.05, 0) is 44.0 Å². The molecule has 0 saturated heterocycles. The zero-order valence-corrected chi connectivity index (χ0v) is 11.4. The average molecular weight is 253 g/mol. The number of rotatable bonds is 6. The minimum atomic E-state index is 0.725. The lowest BCUT2D eigenvalue weighted by Crippen LogP contribution is -2.26. The van der Waals surface area contributed by atoms with Crippen LogP contribution in [0.5, 0.6) is 0 Å². The number of nitrogens with zero attached hydrogens (tertiary/aromatic N) is 1. The molecule has 17 heavy (non-hydrogen) atoms. The number of benzene rings is 1. The predicted octanol–water partition coefficient (Wildman–Crippen LogP) is 3.44. The van der Waals surface area contributed by atoms with Crippen LogP contribution in [0.4, 0.5) is 5.69 Å². The second-order valence-electron chi connectivity index (χ2n) is 4.74. The molecule has 2 rings (SSSR count). The maximum Gasteiger partial charge on any atom is 0.0642 e. The second-order valence-corrected chi connectivity index (χ2v) is 5.15. The molecule has 1 saturated carbocycles. The van der Waals surface area contributed by atoms with Crippen molar-refractivity contribution in [3.8, 4) is 0 Å². The first-order chi connectivity index (χ1) is 8.26. The first kappa shape index (κ1) is 12.7. The molecule has 1 aromatic carbocycles. The van der Waals surface area contributed by atoms with Gasteiger partial charge in [0.15, 0.2) is 0 Å². The van der Waals surface area contributed by atoms with Gasteiger partial charge in [0.1, 0.15) is 0 Å². The highest BCUT2D eigenvalue weighted by atomic mass is 35.5. The molecule has 1 aliphatic carbocycles. The molecule has 0 heterocycles. The molecule has 0 atom stereocenters. The minimum absolute atomic E-state index is 0.725. The Labute approximate surface area is 109 Å². The molecule has 1 aliphatic rings. The van der Waals surface area contributed by atoms with Crippen LogP contribution in [0, 0.1) is 0 Å². The highest BCUT2D eigenvalue weighted by Gasteiger charge is 2.29. The van der Waals surface area contributed by atoms with Crippen molar-refractivity contribution in [3.05, 3.63) is 28.8 Å². The zero-order valence-electron chi connectivity index (χ0n) is 10.7. The van der Waals surface area contributed by atoms with Gasteiger partial charge < -0.3 is 10.2 Å². The minimum Gasteiger partial charge on any atom is -0.367 e. The second kappa shape index (κ2) is 5.74. The summed E-state index contributed by atoms with van der Waals surface area (Å²) >= 11 is 6.40. The van der Waals surface area contributed by atoms with E-state index in [-0.39, 0.29) is 0 Å². The summed E-state index contributed by atoms with van der Waals surface area (Å²) in [7, 11) is 1.95. The van der Waals surface area contributed by atoms with E-state index in [1.807, 2.05) is 7.05 Å². The number of halogens is 1. The standard InChI is InChI=1S/C14H21ClN2/c1-3-8-17(12-5-6-12)14-7-4-11(10-16-2)9-13(14)15/h4,7,9,12,16H,3,5-6,8,10H2,1-2H3. The van der Waals surface area contributed by atoms with Crippen molar-refractivity contribution in [2.75, 3.05) is 18.5 Å². The van der Waals surface area contributed by atoms with Crippen LogP contribution in [0.15, 0.2) is 18.2 Å². The van der Waals surface area contributed by atoms with E-state index in [9.17, 15) is 0 Å². The number of anilines is 1. The van der Waals surface area contributed by atoms with E-state index in [1.54, 1.807) is 0 Å². The number of nitrogens with one attached hydrogen (secondary N) is 1. The fourth-order valence-corrected chi connectivity index (χ4v) is 2.54. The van der Waals surface area contributed by atoms with Gasteiger partial charge in [0.05, 0.1) is 10.7 Å². The molecule has 2 nitrogen and oxygen atoms in total. The van der Waals surface area contributed by atoms with E-state index >= 15 is 0 Å². The van der Waals surface area contributed by atoms with Crippen LogP contribution in [0.1, 0.15) is 31.7 Å². The third-order valence-corrected chi connectivity index (χ3v) is 3.46. The molecule has 0 aromatic heterocycles. The maximum atomic E-state index is 6.40. The van der Waals surface area contributed by atoms with E-state index in [2.05, 4.69) is 35.3 Å². The van der Waals surface area contributed by atoms with Gasteiger partial charge in [-0.15, -0.1) is 0 Å². The molecule has 1 N–H and O–H groups in total. The monoisotopic (exact) mass is 252 g/mol. The van der Waals surface area contributed by atoms with Crippen LogP contribution < -0.4 is 10.2 Å².